The van der Waals surface area contributed by atoms with Crippen LogP contribution in [0.2, 0.25) is 5.02 Å². The number of aromatic nitrogens is 3. The Kier molecular flexibility index (Phi) is 7.10. The van der Waals surface area contributed by atoms with E-state index in [1.807, 2.05) is 17.4 Å². The molecule has 1 N–H and O–H groups in total. The number of thioether (sulfide) groups is 1. The van der Waals surface area contributed by atoms with Crippen molar-refractivity contribution in [1.82, 2.24) is 14.8 Å². The zero-order chi connectivity index (χ0) is 22.1. The minimum absolute atomic E-state index is 0.129. The van der Waals surface area contributed by atoms with Gasteiger partial charge < -0.3 is 5.32 Å². The Morgan fingerprint density at radius 3 is 2.97 bits per heavy atom. The Balaban J connectivity index is 1.51. The van der Waals surface area contributed by atoms with Gasteiger partial charge in [-0.05, 0) is 62.8 Å². The molecule has 0 aliphatic heterocycles. The molecule has 0 spiro atoms. The van der Waals surface area contributed by atoms with Crippen LogP contribution in [-0.4, -0.2) is 26.4 Å². The number of carbonyl (C=O) groups excluding carboxylic acids is 1. The molecule has 0 fully saturated rings. The molecular weight excluding hydrogens is 516 g/mol. The summed E-state index contributed by atoms with van der Waals surface area (Å²) < 4.78 is 3.01. The first-order valence-corrected chi connectivity index (χ1v) is 13.3. The predicted molar refractivity (Wildman–Crippen MR) is 133 cm³/mol. The van der Waals surface area contributed by atoms with Crippen molar-refractivity contribution in [3.63, 3.8) is 0 Å². The van der Waals surface area contributed by atoms with Crippen LogP contribution >= 0.6 is 50.6 Å². The largest absolute Gasteiger partial charge is 0.324 e. The SMILES string of the molecule is CC1CCc2c(-c3nnc(SCC(=O)Nc4ccc(Br)cc4Cl)n3C(C)C)csc2C1. The van der Waals surface area contributed by atoms with Crippen LogP contribution in [0.1, 0.15) is 43.7 Å². The van der Waals surface area contributed by atoms with Crippen LogP contribution in [0.25, 0.3) is 11.4 Å². The van der Waals surface area contributed by atoms with Crippen LogP contribution in [0, 0.1) is 5.92 Å². The second-order valence-corrected chi connectivity index (χ2v) is 11.4. The highest BCUT2D eigenvalue weighted by Crippen LogP contribution is 2.39. The van der Waals surface area contributed by atoms with Crippen molar-refractivity contribution in [3.8, 4) is 11.4 Å². The van der Waals surface area contributed by atoms with Crippen LogP contribution in [-0.2, 0) is 17.6 Å². The van der Waals surface area contributed by atoms with Gasteiger partial charge in [-0.1, -0.05) is 46.2 Å². The van der Waals surface area contributed by atoms with Gasteiger partial charge in [0.15, 0.2) is 11.0 Å². The summed E-state index contributed by atoms with van der Waals surface area (Å²) in [7, 11) is 0. The van der Waals surface area contributed by atoms with E-state index in [1.165, 1.54) is 34.2 Å². The molecule has 0 saturated carbocycles. The third kappa shape index (κ3) is 5.02. The monoisotopic (exact) mass is 538 g/mol. The van der Waals surface area contributed by atoms with E-state index in [4.69, 9.17) is 11.6 Å². The number of halogens is 2. The van der Waals surface area contributed by atoms with Crippen molar-refractivity contribution in [1.29, 1.82) is 0 Å². The van der Waals surface area contributed by atoms with Crippen LogP contribution in [0.3, 0.4) is 0 Å². The lowest BCUT2D eigenvalue weighted by Crippen LogP contribution is -2.15. The lowest BCUT2D eigenvalue weighted by atomic mass is 9.88. The second-order valence-electron chi connectivity index (χ2n) is 8.13. The smallest absolute Gasteiger partial charge is 0.234 e. The number of nitrogens with zero attached hydrogens (tertiary/aromatic N) is 3. The Labute approximate surface area is 204 Å². The first kappa shape index (κ1) is 22.8. The van der Waals surface area contributed by atoms with Crippen molar-refractivity contribution in [2.45, 2.75) is 51.2 Å². The standard InChI is InChI=1S/C22H24BrClN4OS2/c1-12(2)28-21(16-10-30-19-8-13(3)4-6-15(16)19)26-27-22(28)31-11-20(29)25-18-7-5-14(23)9-17(18)24/h5,7,9-10,12-13H,4,6,8,11H2,1-3H3,(H,25,29). The molecule has 1 amide bonds. The first-order chi connectivity index (χ1) is 14.8. The average molecular weight is 540 g/mol. The highest BCUT2D eigenvalue weighted by Gasteiger charge is 2.25. The van der Waals surface area contributed by atoms with E-state index >= 15 is 0 Å². The van der Waals surface area contributed by atoms with Gasteiger partial charge in [-0.15, -0.1) is 21.5 Å². The van der Waals surface area contributed by atoms with E-state index in [9.17, 15) is 4.79 Å². The minimum atomic E-state index is -0.129. The fraction of sp³-hybridized carbons (Fsp3) is 0.409. The topological polar surface area (TPSA) is 59.8 Å². The van der Waals surface area contributed by atoms with Crippen LogP contribution in [0.4, 0.5) is 5.69 Å². The summed E-state index contributed by atoms with van der Waals surface area (Å²) in [5.41, 5.74) is 3.23. The third-order valence-corrected chi connectivity index (χ3v) is 8.16. The summed E-state index contributed by atoms with van der Waals surface area (Å²) in [4.78, 5) is 14.0. The van der Waals surface area contributed by atoms with E-state index < -0.39 is 0 Å². The predicted octanol–water partition coefficient (Wildman–Crippen LogP) is 6.86. The van der Waals surface area contributed by atoms with Gasteiger partial charge in [-0.25, -0.2) is 0 Å². The summed E-state index contributed by atoms with van der Waals surface area (Å²) in [6, 6.07) is 5.58. The lowest BCUT2D eigenvalue weighted by Gasteiger charge is -2.19. The maximum Gasteiger partial charge on any atom is 0.234 e. The molecule has 9 heteroatoms. The molecule has 5 nitrogen and oxygen atoms in total. The number of hydrogen-bond donors (Lipinski definition) is 1. The Bertz CT molecular complexity index is 1110. The van der Waals surface area contributed by atoms with Crippen molar-refractivity contribution in [3.05, 3.63) is 43.5 Å². The zero-order valence-corrected chi connectivity index (χ0v) is 21.6. The summed E-state index contributed by atoms with van der Waals surface area (Å²) in [6.45, 7) is 6.57. The number of amides is 1. The van der Waals surface area contributed by atoms with Gasteiger partial charge in [0.25, 0.3) is 0 Å². The third-order valence-electron chi connectivity index (χ3n) is 5.36. The average Bonchev–Trinajstić information content (AvgIpc) is 3.31. The number of thiophene rings is 1. The highest BCUT2D eigenvalue weighted by molar-refractivity contribution is 9.10. The van der Waals surface area contributed by atoms with E-state index in [-0.39, 0.29) is 17.7 Å². The van der Waals surface area contributed by atoms with Crippen molar-refractivity contribution in [2.24, 2.45) is 5.92 Å². The Hall–Kier alpha value is -1.35. The van der Waals surface area contributed by atoms with Gasteiger partial charge in [0.1, 0.15) is 0 Å². The van der Waals surface area contributed by atoms with E-state index in [0.717, 1.165) is 34.2 Å². The molecule has 1 unspecified atom stereocenters. The van der Waals surface area contributed by atoms with Gasteiger partial charge in [-0.2, -0.15) is 0 Å². The number of anilines is 1. The zero-order valence-electron chi connectivity index (χ0n) is 17.6. The molecule has 0 radical (unpaired) electrons. The van der Waals surface area contributed by atoms with Crippen molar-refractivity contribution in [2.75, 3.05) is 11.1 Å². The molecule has 1 atom stereocenters. The maximum absolute atomic E-state index is 12.5. The maximum atomic E-state index is 12.5. The van der Waals surface area contributed by atoms with Crippen LogP contribution in [0.15, 0.2) is 33.2 Å². The van der Waals surface area contributed by atoms with E-state index in [2.05, 4.69) is 62.2 Å². The number of nitrogens with one attached hydrogen (secondary N) is 1. The van der Waals surface area contributed by atoms with Gasteiger partial charge >= 0.3 is 0 Å². The van der Waals surface area contributed by atoms with Gasteiger partial charge in [0.2, 0.25) is 5.91 Å². The second kappa shape index (κ2) is 9.65. The molecule has 0 saturated heterocycles. The molecule has 1 aliphatic rings. The number of rotatable bonds is 6. The summed E-state index contributed by atoms with van der Waals surface area (Å²) in [6.07, 6.45) is 3.46. The Morgan fingerprint density at radius 1 is 1.42 bits per heavy atom. The normalized spacial score (nSPS) is 15.9. The fourth-order valence-electron chi connectivity index (χ4n) is 3.80. The summed E-state index contributed by atoms with van der Waals surface area (Å²) in [5, 5.41) is 15.3. The molecular formula is C22H24BrClN4OS2. The lowest BCUT2D eigenvalue weighted by molar-refractivity contribution is -0.113. The van der Waals surface area contributed by atoms with Crippen LogP contribution in [0.5, 0.6) is 0 Å². The number of carbonyl (C=O) groups is 1. The van der Waals surface area contributed by atoms with Crippen molar-refractivity contribution < 1.29 is 4.79 Å². The summed E-state index contributed by atoms with van der Waals surface area (Å²) >= 11 is 12.8. The van der Waals surface area contributed by atoms with Gasteiger partial charge in [-0.3, -0.25) is 9.36 Å². The molecule has 2 aromatic heterocycles. The molecule has 0 bridgehead atoms. The fourth-order valence-corrected chi connectivity index (χ4v) is 6.63. The summed E-state index contributed by atoms with van der Waals surface area (Å²) in [5.74, 6) is 1.75. The number of benzene rings is 1. The van der Waals surface area contributed by atoms with Crippen molar-refractivity contribution >= 4 is 62.2 Å². The van der Waals surface area contributed by atoms with E-state index in [0.29, 0.717) is 10.7 Å². The van der Waals surface area contributed by atoms with Crippen LogP contribution < -0.4 is 5.32 Å². The molecule has 31 heavy (non-hydrogen) atoms. The Morgan fingerprint density at radius 2 is 2.23 bits per heavy atom. The number of fused-ring (bicyclic) bond motifs is 1. The molecule has 164 valence electrons. The molecule has 1 aliphatic carbocycles. The quantitative estimate of drug-likeness (QED) is 0.348. The minimum Gasteiger partial charge on any atom is -0.324 e. The number of hydrogen-bond acceptors (Lipinski definition) is 5. The van der Waals surface area contributed by atoms with E-state index in [1.54, 1.807) is 12.1 Å². The molecule has 1 aromatic carbocycles. The molecule has 3 aromatic rings. The van der Waals surface area contributed by atoms with Gasteiger partial charge in [0.05, 0.1) is 16.5 Å². The first-order valence-electron chi connectivity index (χ1n) is 10.3. The molecule has 4 rings (SSSR count). The highest BCUT2D eigenvalue weighted by atomic mass is 79.9. The van der Waals surface area contributed by atoms with Gasteiger partial charge in [0, 0.05) is 26.3 Å². The molecule has 2 heterocycles.